The zero-order valence-corrected chi connectivity index (χ0v) is 48.9. The molecular formula is C68H82N10O4. The van der Waals surface area contributed by atoms with Crippen molar-refractivity contribution >= 4 is 23.6 Å². The van der Waals surface area contributed by atoms with Gasteiger partial charge in [-0.15, -0.1) is 0 Å². The highest BCUT2D eigenvalue weighted by Gasteiger charge is 2.40. The number of rotatable bonds is 22. The monoisotopic (exact) mass is 1100 g/mol. The fourth-order valence-electron chi connectivity index (χ4n) is 10.1. The van der Waals surface area contributed by atoms with Crippen LogP contribution in [0, 0.1) is 16.7 Å². The summed E-state index contributed by atoms with van der Waals surface area (Å²) in [5.41, 5.74) is 18.0. The lowest BCUT2D eigenvalue weighted by Crippen LogP contribution is -2.46. The summed E-state index contributed by atoms with van der Waals surface area (Å²) >= 11 is 0. The van der Waals surface area contributed by atoms with Crippen LogP contribution < -0.4 is 22.1 Å². The lowest BCUT2D eigenvalue weighted by Gasteiger charge is -2.40. The van der Waals surface area contributed by atoms with Gasteiger partial charge in [-0.3, -0.25) is 19.2 Å². The van der Waals surface area contributed by atoms with Crippen molar-refractivity contribution < 1.29 is 19.2 Å². The fourth-order valence-corrected chi connectivity index (χ4v) is 10.1. The number of carbonyl (C=O) groups is 4. The highest BCUT2D eigenvalue weighted by atomic mass is 16.2. The van der Waals surface area contributed by atoms with Gasteiger partial charge in [-0.05, 0) is 58.6 Å². The zero-order chi connectivity index (χ0) is 58.8. The van der Waals surface area contributed by atoms with Crippen molar-refractivity contribution in [2.75, 3.05) is 32.7 Å². The first-order chi connectivity index (χ1) is 39.3. The molecule has 0 spiro atoms. The molecule has 0 aliphatic rings. The van der Waals surface area contributed by atoms with Crippen LogP contribution in [0.4, 0.5) is 0 Å². The van der Waals surface area contributed by atoms with Gasteiger partial charge >= 0.3 is 0 Å². The Labute approximate surface area is 485 Å². The van der Waals surface area contributed by atoms with Gasteiger partial charge in [0.15, 0.2) is 0 Å². The average Bonchev–Trinajstić information content (AvgIpc) is 4.13. The van der Waals surface area contributed by atoms with Crippen LogP contribution in [0.15, 0.2) is 194 Å². The molecule has 0 bridgehead atoms. The second kappa shape index (κ2) is 28.8. The Morgan fingerprint density at radius 2 is 0.878 bits per heavy atom. The molecule has 0 radical (unpaired) electrons. The molecule has 8 rings (SSSR count). The molecular weight excluding hydrogens is 1020 g/mol. The van der Waals surface area contributed by atoms with Gasteiger partial charge in [0.05, 0.1) is 36.1 Å². The zero-order valence-electron chi connectivity index (χ0n) is 48.9. The predicted molar refractivity (Wildman–Crippen MR) is 328 cm³/mol. The standard InChI is InChI=1S/C36H45N5O2.C32H37N5O2/c1-26(2)31(37)34(42)38-22-15-23-41(35(43)29-20-13-8-14-21-29)32(36(3,4)5)33-39-30(28-18-11-7-12-19-28)25-40(33)24-27-16-9-6-10-17-27;1-32(2,3)29(37(20-19-34-28(38)21-33)31(39)26-17-11-6-12-18-26)30-35-27(25-15-9-5-10-16-25)23-36(30)22-24-13-7-4-8-14-24/h6-14,16-21,25-26,31-32H,15,22-24,37H2,1-5H3,(H,38,42);4-18,23,29H,19-22,33H2,1-3H3,(H,34,38)/t31?,32-;29-/m00/s1. The highest BCUT2D eigenvalue weighted by molar-refractivity contribution is 5.95. The Morgan fingerprint density at radius 3 is 1.24 bits per heavy atom. The van der Waals surface area contributed by atoms with Gasteiger partial charge in [0.1, 0.15) is 11.6 Å². The van der Waals surface area contributed by atoms with Crippen molar-refractivity contribution in [3.63, 3.8) is 0 Å². The summed E-state index contributed by atoms with van der Waals surface area (Å²) in [7, 11) is 0. The number of benzene rings is 6. The Balaban J connectivity index is 0.000000237. The minimum absolute atomic E-state index is 0.0451. The van der Waals surface area contributed by atoms with Crippen LogP contribution in [0.3, 0.4) is 0 Å². The number of imidazole rings is 2. The molecule has 14 nitrogen and oxygen atoms in total. The summed E-state index contributed by atoms with van der Waals surface area (Å²) in [6, 6.07) is 58.1. The Kier molecular flexibility index (Phi) is 21.5. The van der Waals surface area contributed by atoms with E-state index < -0.39 is 6.04 Å². The summed E-state index contributed by atoms with van der Waals surface area (Å²) in [5, 5.41) is 5.79. The molecule has 3 atom stereocenters. The molecule has 6 N–H and O–H groups in total. The van der Waals surface area contributed by atoms with Crippen LogP contribution in [0.25, 0.3) is 22.5 Å². The van der Waals surface area contributed by atoms with Crippen LogP contribution in [-0.2, 0) is 22.7 Å². The molecule has 6 aromatic carbocycles. The first-order valence-electron chi connectivity index (χ1n) is 28.4. The maximum atomic E-state index is 14.3. The molecule has 2 aromatic heterocycles. The second-order valence-electron chi connectivity index (χ2n) is 23.2. The molecule has 8 aromatic rings. The minimum atomic E-state index is -0.564. The van der Waals surface area contributed by atoms with Crippen molar-refractivity contribution in [1.29, 1.82) is 0 Å². The quantitative estimate of drug-likeness (QED) is 0.0483. The second-order valence-corrected chi connectivity index (χ2v) is 23.2. The van der Waals surface area contributed by atoms with Gasteiger partial charge in [0.25, 0.3) is 11.8 Å². The van der Waals surface area contributed by atoms with E-state index in [4.69, 9.17) is 21.4 Å². The van der Waals surface area contributed by atoms with Crippen molar-refractivity contribution in [3.05, 3.63) is 228 Å². The lowest BCUT2D eigenvalue weighted by atomic mass is 9.84. The number of carbonyl (C=O) groups excluding carboxylic acids is 4. The van der Waals surface area contributed by atoms with E-state index in [0.29, 0.717) is 50.3 Å². The molecule has 1 unspecified atom stereocenters. The molecule has 4 amide bonds. The molecule has 0 saturated heterocycles. The Morgan fingerprint density at radius 1 is 0.512 bits per heavy atom. The number of nitrogens with two attached hydrogens (primary N) is 2. The van der Waals surface area contributed by atoms with Crippen LogP contribution in [0.5, 0.6) is 0 Å². The first-order valence-corrected chi connectivity index (χ1v) is 28.4. The number of aromatic nitrogens is 4. The lowest BCUT2D eigenvalue weighted by molar-refractivity contribution is -0.123. The molecule has 0 fully saturated rings. The molecule has 14 heteroatoms. The van der Waals surface area contributed by atoms with E-state index >= 15 is 0 Å². The van der Waals surface area contributed by atoms with Crippen molar-refractivity contribution in [3.8, 4) is 22.5 Å². The summed E-state index contributed by atoms with van der Waals surface area (Å²) in [5.74, 6) is 1.04. The van der Waals surface area contributed by atoms with Gasteiger partial charge in [0.2, 0.25) is 11.8 Å². The maximum absolute atomic E-state index is 14.3. The van der Waals surface area contributed by atoms with E-state index in [1.165, 1.54) is 0 Å². The molecule has 428 valence electrons. The summed E-state index contributed by atoms with van der Waals surface area (Å²) < 4.78 is 4.33. The van der Waals surface area contributed by atoms with E-state index in [1.54, 1.807) is 0 Å². The maximum Gasteiger partial charge on any atom is 0.254 e. The normalized spacial score (nSPS) is 12.6. The molecule has 2 heterocycles. The van der Waals surface area contributed by atoms with Crippen molar-refractivity contribution in [2.24, 2.45) is 28.2 Å². The van der Waals surface area contributed by atoms with Crippen molar-refractivity contribution in [2.45, 2.75) is 93.0 Å². The van der Waals surface area contributed by atoms with E-state index in [-0.39, 0.29) is 65.5 Å². The van der Waals surface area contributed by atoms with Crippen LogP contribution in [0.2, 0.25) is 0 Å². The van der Waals surface area contributed by atoms with Gasteiger partial charge in [-0.1, -0.05) is 213 Å². The first kappa shape index (κ1) is 61.2. The number of hydrogen-bond donors (Lipinski definition) is 4. The van der Waals surface area contributed by atoms with Gasteiger partial charge < -0.3 is 41.0 Å². The molecule has 0 saturated carbocycles. The molecule has 0 aliphatic heterocycles. The van der Waals surface area contributed by atoms with E-state index in [0.717, 1.165) is 45.3 Å². The number of nitrogens with one attached hydrogen (secondary N) is 2. The molecule has 0 aliphatic carbocycles. The summed E-state index contributed by atoms with van der Waals surface area (Å²) in [4.78, 5) is 66.9. The number of amides is 4. The summed E-state index contributed by atoms with van der Waals surface area (Å²) in [6.45, 7) is 19.2. The third kappa shape index (κ3) is 16.6. The number of hydrogen-bond acceptors (Lipinski definition) is 8. The van der Waals surface area contributed by atoms with Crippen LogP contribution >= 0.6 is 0 Å². The smallest absolute Gasteiger partial charge is 0.254 e. The minimum Gasteiger partial charge on any atom is -0.355 e. The van der Waals surface area contributed by atoms with E-state index in [1.807, 2.05) is 169 Å². The SMILES string of the molecule is CC(C)(C)[C@H](c1nc(-c2ccccc2)cn1Cc1ccccc1)N(CCNC(=O)CN)C(=O)c1ccccc1.CC(C)C(N)C(=O)NCCCN(C(=O)c1ccccc1)[C@@H](c1nc(-c2ccccc2)cn1Cc1ccccc1)C(C)(C)C. The highest BCUT2D eigenvalue weighted by Crippen LogP contribution is 2.41. The Bertz CT molecular complexity index is 3260. The molecule has 82 heavy (non-hydrogen) atoms. The van der Waals surface area contributed by atoms with Gasteiger partial charge in [0, 0.05) is 73.9 Å². The van der Waals surface area contributed by atoms with Crippen molar-refractivity contribution in [1.82, 2.24) is 39.5 Å². The fraction of sp³-hybridized carbons (Fsp3) is 0.324. The van der Waals surface area contributed by atoms with Gasteiger partial charge in [-0.25, -0.2) is 9.97 Å². The average molecular weight is 1100 g/mol. The Hall–Kier alpha value is -8.46. The third-order valence-corrected chi connectivity index (χ3v) is 14.2. The third-order valence-electron chi connectivity index (χ3n) is 14.2. The largest absolute Gasteiger partial charge is 0.355 e. The number of nitrogens with zero attached hydrogens (tertiary/aromatic N) is 6. The summed E-state index contributed by atoms with van der Waals surface area (Å²) in [6.07, 6.45) is 4.74. The van der Waals surface area contributed by atoms with Crippen LogP contribution in [-0.4, -0.2) is 91.3 Å². The van der Waals surface area contributed by atoms with Gasteiger partial charge in [-0.2, -0.15) is 0 Å². The van der Waals surface area contributed by atoms with E-state index in [9.17, 15) is 19.2 Å². The van der Waals surface area contributed by atoms with E-state index in [2.05, 4.69) is 110 Å². The topological polar surface area (TPSA) is 186 Å². The predicted octanol–water partition coefficient (Wildman–Crippen LogP) is 11.2. The van der Waals surface area contributed by atoms with Crippen LogP contribution in [0.1, 0.15) is 117 Å².